The summed E-state index contributed by atoms with van der Waals surface area (Å²) in [5, 5.41) is 0. The molecule has 7 heteroatoms. The third-order valence-corrected chi connectivity index (χ3v) is 4.65. The number of fused-ring (bicyclic) bond motifs is 1. The third-order valence-electron chi connectivity index (χ3n) is 4.65. The van der Waals surface area contributed by atoms with Crippen LogP contribution in [0.25, 0.3) is 22.2 Å². The zero-order valence-electron chi connectivity index (χ0n) is 13.6. The Labute approximate surface area is 142 Å². The van der Waals surface area contributed by atoms with Gasteiger partial charge in [0.05, 0.1) is 5.52 Å². The zero-order chi connectivity index (χ0) is 17.4. The standard InChI is InChI=1S/C18H18N4O3/c23-14(21-8-4-5-9-21)11-22-17(24)16-15(20-18(22)25)13(10-19-16)12-6-2-1-3-7-12/h1-3,6-7,10,19H,4-5,8-9,11H2,(H,20,25). The first-order chi connectivity index (χ1) is 12.1. The molecule has 2 aromatic heterocycles. The van der Waals surface area contributed by atoms with Gasteiger partial charge < -0.3 is 14.9 Å². The Bertz CT molecular complexity index is 1040. The molecule has 0 aliphatic carbocycles. The van der Waals surface area contributed by atoms with Gasteiger partial charge >= 0.3 is 5.69 Å². The molecule has 0 saturated carbocycles. The molecule has 25 heavy (non-hydrogen) atoms. The first-order valence-corrected chi connectivity index (χ1v) is 8.32. The topological polar surface area (TPSA) is 91.0 Å². The number of likely N-dealkylation sites (tertiary alicyclic amines) is 1. The van der Waals surface area contributed by atoms with Crippen LogP contribution in [0.4, 0.5) is 0 Å². The number of aromatic amines is 2. The second-order valence-corrected chi connectivity index (χ2v) is 6.23. The molecule has 1 aromatic carbocycles. The van der Waals surface area contributed by atoms with Gasteiger partial charge in [-0.25, -0.2) is 9.36 Å². The average molecular weight is 338 g/mol. The van der Waals surface area contributed by atoms with E-state index >= 15 is 0 Å². The van der Waals surface area contributed by atoms with Crippen LogP contribution >= 0.6 is 0 Å². The van der Waals surface area contributed by atoms with Crippen LogP contribution in [0.3, 0.4) is 0 Å². The Kier molecular flexibility index (Phi) is 3.76. The van der Waals surface area contributed by atoms with Crippen molar-refractivity contribution in [2.24, 2.45) is 0 Å². The number of hydrogen-bond acceptors (Lipinski definition) is 3. The van der Waals surface area contributed by atoms with Crippen molar-refractivity contribution in [3.8, 4) is 11.1 Å². The Hall–Kier alpha value is -3.09. The van der Waals surface area contributed by atoms with Crippen LogP contribution in [0.2, 0.25) is 0 Å². The summed E-state index contributed by atoms with van der Waals surface area (Å²) in [5.74, 6) is -0.195. The Morgan fingerprint density at radius 3 is 2.48 bits per heavy atom. The Morgan fingerprint density at radius 2 is 1.76 bits per heavy atom. The van der Waals surface area contributed by atoms with E-state index in [-0.39, 0.29) is 12.5 Å². The number of amides is 1. The summed E-state index contributed by atoms with van der Waals surface area (Å²) < 4.78 is 0.967. The van der Waals surface area contributed by atoms with E-state index in [0.717, 1.165) is 28.5 Å². The summed E-state index contributed by atoms with van der Waals surface area (Å²) in [7, 11) is 0. The predicted octanol–water partition coefficient (Wildman–Crippen LogP) is 1.31. The van der Waals surface area contributed by atoms with Crippen LogP contribution in [0, 0.1) is 0 Å². The maximum absolute atomic E-state index is 12.7. The van der Waals surface area contributed by atoms with Crippen LogP contribution in [0.15, 0.2) is 46.1 Å². The second kappa shape index (κ2) is 6.08. The number of carbonyl (C=O) groups is 1. The highest BCUT2D eigenvalue weighted by Gasteiger charge is 2.21. The fourth-order valence-electron chi connectivity index (χ4n) is 3.31. The normalized spacial score (nSPS) is 14.3. The lowest BCUT2D eigenvalue weighted by Gasteiger charge is -2.15. The van der Waals surface area contributed by atoms with Gasteiger partial charge in [-0.05, 0) is 18.4 Å². The Balaban J connectivity index is 1.77. The van der Waals surface area contributed by atoms with E-state index in [1.165, 1.54) is 0 Å². The molecule has 128 valence electrons. The van der Waals surface area contributed by atoms with Crippen molar-refractivity contribution >= 4 is 16.9 Å². The summed E-state index contributed by atoms with van der Waals surface area (Å²) in [6.07, 6.45) is 3.63. The molecule has 1 aliphatic heterocycles. The molecule has 0 spiro atoms. The van der Waals surface area contributed by atoms with Gasteiger partial charge in [0.2, 0.25) is 5.91 Å². The molecular weight excluding hydrogens is 320 g/mol. The molecule has 3 heterocycles. The van der Waals surface area contributed by atoms with Gasteiger partial charge in [0.25, 0.3) is 5.56 Å². The number of H-pyrrole nitrogens is 2. The van der Waals surface area contributed by atoms with Gasteiger partial charge in [0.15, 0.2) is 0 Å². The molecule has 1 aliphatic rings. The minimum Gasteiger partial charge on any atom is -0.355 e. The molecule has 0 bridgehead atoms. The first kappa shape index (κ1) is 15.4. The summed E-state index contributed by atoms with van der Waals surface area (Å²) in [4.78, 5) is 44.8. The molecule has 4 rings (SSSR count). The Morgan fingerprint density at radius 1 is 1.04 bits per heavy atom. The fraction of sp³-hybridized carbons (Fsp3) is 0.278. The number of nitrogens with one attached hydrogen (secondary N) is 2. The zero-order valence-corrected chi connectivity index (χ0v) is 13.6. The van der Waals surface area contributed by atoms with Gasteiger partial charge in [-0.3, -0.25) is 9.59 Å². The van der Waals surface area contributed by atoms with E-state index in [0.29, 0.717) is 24.1 Å². The molecule has 1 saturated heterocycles. The highest BCUT2D eigenvalue weighted by Crippen LogP contribution is 2.24. The molecule has 2 N–H and O–H groups in total. The van der Waals surface area contributed by atoms with Crippen molar-refractivity contribution in [3.63, 3.8) is 0 Å². The van der Waals surface area contributed by atoms with Crippen LogP contribution < -0.4 is 11.2 Å². The highest BCUT2D eigenvalue weighted by molar-refractivity contribution is 5.91. The van der Waals surface area contributed by atoms with Crippen molar-refractivity contribution in [1.29, 1.82) is 0 Å². The smallest absolute Gasteiger partial charge is 0.329 e. The molecule has 3 aromatic rings. The number of rotatable bonds is 3. The van der Waals surface area contributed by atoms with Gasteiger partial charge in [-0.2, -0.15) is 0 Å². The maximum atomic E-state index is 12.7. The lowest BCUT2D eigenvalue weighted by Crippen LogP contribution is -2.41. The van der Waals surface area contributed by atoms with Gasteiger partial charge in [0.1, 0.15) is 12.1 Å². The van der Waals surface area contributed by atoms with Gasteiger partial charge in [0, 0.05) is 24.8 Å². The van der Waals surface area contributed by atoms with Gasteiger partial charge in [-0.1, -0.05) is 30.3 Å². The minimum atomic E-state index is -0.568. The largest absolute Gasteiger partial charge is 0.355 e. The van der Waals surface area contributed by atoms with Crippen molar-refractivity contribution in [1.82, 2.24) is 19.4 Å². The molecule has 0 atom stereocenters. The van der Waals surface area contributed by atoms with Gasteiger partial charge in [-0.15, -0.1) is 0 Å². The van der Waals surface area contributed by atoms with Crippen LogP contribution in [-0.4, -0.2) is 38.4 Å². The molecular formula is C18H18N4O3. The van der Waals surface area contributed by atoms with E-state index in [4.69, 9.17) is 0 Å². The monoisotopic (exact) mass is 338 g/mol. The van der Waals surface area contributed by atoms with Crippen molar-refractivity contribution in [3.05, 3.63) is 57.4 Å². The summed E-state index contributed by atoms with van der Waals surface area (Å²) in [5.41, 5.74) is 1.37. The van der Waals surface area contributed by atoms with E-state index in [1.54, 1.807) is 11.1 Å². The van der Waals surface area contributed by atoms with Crippen LogP contribution in [-0.2, 0) is 11.3 Å². The summed E-state index contributed by atoms with van der Waals surface area (Å²) >= 11 is 0. The van der Waals surface area contributed by atoms with Crippen molar-refractivity contribution < 1.29 is 4.79 Å². The lowest BCUT2D eigenvalue weighted by atomic mass is 10.1. The third kappa shape index (κ3) is 2.67. The van der Waals surface area contributed by atoms with Crippen molar-refractivity contribution in [2.75, 3.05) is 13.1 Å². The SMILES string of the molecule is O=C(Cn1c(=O)[nH]c2c(-c3ccccc3)c[nH]c2c1=O)N1CCCC1. The molecule has 7 nitrogen and oxygen atoms in total. The fourth-order valence-corrected chi connectivity index (χ4v) is 3.31. The van der Waals surface area contributed by atoms with Crippen LogP contribution in [0.5, 0.6) is 0 Å². The maximum Gasteiger partial charge on any atom is 0.329 e. The van der Waals surface area contributed by atoms with E-state index in [1.807, 2.05) is 30.3 Å². The van der Waals surface area contributed by atoms with E-state index in [9.17, 15) is 14.4 Å². The predicted molar refractivity (Wildman–Crippen MR) is 94.4 cm³/mol. The molecule has 0 unspecified atom stereocenters. The number of nitrogens with zero attached hydrogens (tertiary/aromatic N) is 2. The number of aromatic nitrogens is 3. The summed E-state index contributed by atoms with van der Waals surface area (Å²) in [6.45, 7) is 1.15. The van der Waals surface area contributed by atoms with E-state index < -0.39 is 11.2 Å². The number of carbonyl (C=O) groups excluding carboxylic acids is 1. The second-order valence-electron chi connectivity index (χ2n) is 6.23. The van der Waals surface area contributed by atoms with Crippen LogP contribution in [0.1, 0.15) is 12.8 Å². The first-order valence-electron chi connectivity index (χ1n) is 8.32. The summed E-state index contributed by atoms with van der Waals surface area (Å²) in [6, 6.07) is 9.50. The number of hydrogen-bond donors (Lipinski definition) is 2. The molecule has 1 fully saturated rings. The highest BCUT2D eigenvalue weighted by atomic mass is 16.2. The minimum absolute atomic E-state index is 0.195. The average Bonchev–Trinajstić information content (AvgIpc) is 3.29. The molecule has 1 amide bonds. The number of benzene rings is 1. The van der Waals surface area contributed by atoms with Crippen molar-refractivity contribution in [2.45, 2.75) is 19.4 Å². The molecule has 0 radical (unpaired) electrons. The quantitative estimate of drug-likeness (QED) is 0.754. The lowest BCUT2D eigenvalue weighted by molar-refractivity contribution is -0.130. The van der Waals surface area contributed by atoms with E-state index in [2.05, 4.69) is 9.97 Å².